The Balaban J connectivity index is 1.54. The smallest absolute Gasteiger partial charge is 0.256 e. The zero-order chi connectivity index (χ0) is 21.1. The van der Waals surface area contributed by atoms with E-state index in [1.807, 2.05) is 24.3 Å². The number of halogens is 2. The SMILES string of the molecule is Cn1cc(CC[C@H]2CN(c3ccc(Cl)c(Cl)c3)N=C2NC(=O)c2ccncc2)nn1. The molecular formula is C20H19Cl2N7O. The molecule has 1 atom stereocenters. The summed E-state index contributed by atoms with van der Waals surface area (Å²) in [5.41, 5.74) is 2.22. The highest BCUT2D eigenvalue weighted by atomic mass is 35.5. The minimum Gasteiger partial charge on any atom is -0.308 e. The summed E-state index contributed by atoms with van der Waals surface area (Å²) in [7, 11) is 1.83. The molecule has 1 aromatic carbocycles. The number of hydrazone groups is 1. The molecule has 30 heavy (non-hydrogen) atoms. The average molecular weight is 444 g/mol. The van der Waals surface area contributed by atoms with E-state index >= 15 is 0 Å². The van der Waals surface area contributed by atoms with Gasteiger partial charge in [-0.2, -0.15) is 5.10 Å². The van der Waals surface area contributed by atoms with E-state index in [2.05, 4.69) is 25.7 Å². The Morgan fingerprint density at radius 3 is 2.70 bits per heavy atom. The van der Waals surface area contributed by atoms with Gasteiger partial charge < -0.3 is 5.32 Å². The van der Waals surface area contributed by atoms with Gasteiger partial charge in [-0.15, -0.1) is 5.10 Å². The van der Waals surface area contributed by atoms with Gasteiger partial charge in [0.2, 0.25) is 0 Å². The molecule has 3 heterocycles. The Hall–Kier alpha value is -2.97. The van der Waals surface area contributed by atoms with Gasteiger partial charge in [0.15, 0.2) is 0 Å². The average Bonchev–Trinajstić information content (AvgIpc) is 3.35. The molecule has 3 aromatic rings. The van der Waals surface area contributed by atoms with Crippen LogP contribution in [0.1, 0.15) is 22.5 Å². The van der Waals surface area contributed by atoms with Crippen molar-refractivity contribution >= 4 is 40.6 Å². The van der Waals surface area contributed by atoms with Gasteiger partial charge in [-0.05, 0) is 43.2 Å². The summed E-state index contributed by atoms with van der Waals surface area (Å²) in [5.74, 6) is 0.385. The van der Waals surface area contributed by atoms with Gasteiger partial charge >= 0.3 is 0 Å². The van der Waals surface area contributed by atoms with E-state index in [1.165, 1.54) is 0 Å². The molecule has 0 bridgehead atoms. The van der Waals surface area contributed by atoms with Gasteiger partial charge in [0.1, 0.15) is 5.84 Å². The number of benzene rings is 1. The maximum Gasteiger partial charge on any atom is 0.256 e. The number of nitrogens with zero attached hydrogens (tertiary/aromatic N) is 6. The van der Waals surface area contributed by atoms with E-state index in [0.717, 1.165) is 24.2 Å². The number of anilines is 1. The molecule has 4 rings (SSSR count). The predicted octanol–water partition coefficient (Wildman–Crippen LogP) is 3.33. The van der Waals surface area contributed by atoms with Crippen LogP contribution in [0, 0.1) is 5.92 Å². The number of pyridine rings is 1. The summed E-state index contributed by atoms with van der Waals surface area (Å²) in [6, 6.07) is 8.68. The zero-order valence-electron chi connectivity index (χ0n) is 16.2. The molecule has 0 unspecified atom stereocenters. The van der Waals surface area contributed by atoms with Crippen molar-refractivity contribution in [2.75, 3.05) is 11.6 Å². The summed E-state index contributed by atoms with van der Waals surface area (Å²) < 4.78 is 1.67. The molecule has 1 aliphatic heterocycles. The van der Waals surface area contributed by atoms with Gasteiger partial charge in [0.25, 0.3) is 5.91 Å². The van der Waals surface area contributed by atoms with Crippen molar-refractivity contribution in [3.63, 3.8) is 0 Å². The number of hydrogen-bond acceptors (Lipinski definition) is 6. The largest absolute Gasteiger partial charge is 0.308 e. The lowest BCUT2D eigenvalue weighted by atomic mass is 10.0. The Bertz CT molecular complexity index is 1080. The highest BCUT2D eigenvalue weighted by molar-refractivity contribution is 6.42. The number of amides is 1. The summed E-state index contributed by atoms with van der Waals surface area (Å²) in [6.07, 6.45) is 6.53. The second-order valence-electron chi connectivity index (χ2n) is 6.97. The summed E-state index contributed by atoms with van der Waals surface area (Å²) in [4.78, 5) is 16.6. The third kappa shape index (κ3) is 4.60. The normalized spacial score (nSPS) is 15.9. The van der Waals surface area contributed by atoms with Crippen LogP contribution in [0.15, 0.2) is 54.0 Å². The number of carbonyl (C=O) groups is 1. The van der Waals surface area contributed by atoms with Crippen molar-refractivity contribution in [2.24, 2.45) is 18.1 Å². The van der Waals surface area contributed by atoms with E-state index in [1.54, 1.807) is 41.3 Å². The quantitative estimate of drug-likeness (QED) is 0.652. The van der Waals surface area contributed by atoms with Crippen molar-refractivity contribution in [3.8, 4) is 0 Å². The summed E-state index contributed by atoms with van der Waals surface area (Å²) in [5, 5.41) is 18.5. The van der Waals surface area contributed by atoms with Crippen LogP contribution in [0.25, 0.3) is 0 Å². The summed E-state index contributed by atoms with van der Waals surface area (Å²) in [6.45, 7) is 0.601. The maximum atomic E-state index is 12.7. The van der Waals surface area contributed by atoms with Crippen molar-refractivity contribution in [1.29, 1.82) is 0 Å². The number of amidine groups is 1. The van der Waals surface area contributed by atoms with E-state index in [-0.39, 0.29) is 11.8 Å². The second kappa shape index (κ2) is 8.81. The maximum absolute atomic E-state index is 12.7. The van der Waals surface area contributed by atoms with Crippen LogP contribution >= 0.6 is 23.2 Å². The number of hydrogen-bond donors (Lipinski definition) is 1. The predicted molar refractivity (Wildman–Crippen MR) is 116 cm³/mol. The highest BCUT2D eigenvalue weighted by Crippen LogP contribution is 2.30. The van der Waals surface area contributed by atoms with Crippen molar-refractivity contribution < 1.29 is 4.79 Å². The third-order valence-corrected chi connectivity index (χ3v) is 5.53. The first-order valence-electron chi connectivity index (χ1n) is 9.37. The minimum atomic E-state index is -0.225. The van der Waals surface area contributed by atoms with Gasteiger partial charge in [-0.25, -0.2) is 0 Å². The fourth-order valence-electron chi connectivity index (χ4n) is 3.24. The lowest BCUT2D eigenvalue weighted by molar-refractivity contribution is 0.0975. The van der Waals surface area contributed by atoms with E-state index in [9.17, 15) is 4.79 Å². The topological polar surface area (TPSA) is 88.3 Å². The zero-order valence-corrected chi connectivity index (χ0v) is 17.7. The lowest BCUT2D eigenvalue weighted by Gasteiger charge is -2.16. The molecule has 0 fully saturated rings. The van der Waals surface area contributed by atoms with Crippen molar-refractivity contribution in [1.82, 2.24) is 25.3 Å². The number of aromatic nitrogens is 4. The molecule has 0 spiro atoms. The van der Waals surface area contributed by atoms with Crippen LogP contribution in [0.4, 0.5) is 5.69 Å². The number of carbonyl (C=O) groups excluding carboxylic acids is 1. The first kappa shape index (κ1) is 20.3. The number of aryl methyl sites for hydroxylation is 2. The van der Waals surface area contributed by atoms with Crippen LogP contribution in [0.5, 0.6) is 0 Å². The Labute approximate surface area is 183 Å². The number of rotatable bonds is 5. The van der Waals surface area contributed by atoms with E-state index in [0.29, 0.717) is 28.0 Å². The molecular weight excluding hydrogens is 425 g/mol. The molecule has 0 saturated heterocycles. The molecule has 10 heteroatoms. The fourth-order valence-corrected chi connectivity index (χ4v) is 3.53. The van der Waals surface area contributed by atoms with Crippen molar-refractivity contribution in [3.05, 3.63) is 70.2 Å². The van der Waals surface area contributed by atoms with Gasteiger partial charge in [-0.3, -0.25) is 19.5 Å². The van der Waals surface area contributed by atoms with Crippen LogP contribution in [0.2, 0.25) is 10.0 Å². The Kier molecular flexibility index (Phi) is 5.96. The second-order valence-corrected chi connectivity index (χ2v) is 7.79. The highest BCUT2D eigenvalue weighted by Gasteiger charge is 2.29. The first-order chi connectivity index (χ1) is 14.5. The lowest BCUT2D eigenvalue weighted by Crippen LogP contribution is -2.35. The molecule has 0 aliphatic carbocycles. The molecule has 1 aliphatic rings. The molecule has 0 saturated carbocycles. The minimum absolute atomic E-state index is 0.00671. The standard InChI is InChI=1S/C20H19Cl2N7O/c1-28-12-15(25-27-28)3-2-14-11-29(16-4-5-17(21)18(22)10-16)26-19(14)24-20(30)13-6-8-23-9-7-13/h4-10,12,14H,2-3,11H2,1H3,(H,24,26,30)/t14-/m0/s1. The molecule has 0 radical (unpaired) electrons. The van der Waals surface area contributed by atoms with Crippen LogP contribution in [-0.2, 0) is 13.5 Å². The fraction of sp³-hybridized carbons (Fsp3) is 0.250. The number of nitrogens with one attached hydrogen (secondary N) is 1. The monoisotopic (exact) mass is 443 g/mol. The van der Waals surface area contributed by atoms with Crippen LogP contribution in [0.3, 0.4) is 0 Å². The third-order valence-electron chi connectivity index (χ3n) is 4.79. The Morgan fingerprint density at radius 1 is 1.20 bits per heavy atom. The van der Waals surface area contributed by atoms with Crippen LogP contribution < -0.4 is 10.3 Å². The van der Waals surface area contributed by atoms with E-state index < -0.39 is 0 Å². The first-order valence-corrected chi connectivity index (χ1v) is 10.1. The van der Waals surface area contributed by atoms with Gasteiger partial charge in [0, 0.05) is 37.1 Å². The molecule has 154 valence electrons. The summed E-state index contributed by atoms with van der Waals surface area (Å²) >= 11 is 12.2. The van der Waals surface area contributed by atoms with Gasteiger partial charge in [-0.1, -0.05) is 28.4 Å². The molecule has 2 aromatic heterocycles. The van der Waals surface area contributed by atoms with Crippen molar-refractivity contribution in [2.45, 2.75) is 12.8 Å². The molecule has 1 amide bonds. The Morgan fingerprint density at radius 2 is 2.00 bits per heavy atom. The van der Waals surface area contributed by atoms with Gasteiger partial charge in [0.05, 0.1) is 28.0 Å². The van der Waals surface area contributed by atoms with Crippen LogP contribution in [-0.4, -0.2) is 38.3 Å². The van der Waals surface area contributed by atoms with E-state index in [4.69, 9.17) is 23.2 Å². The molecule has 8 nitrogen and oxygen atoms in total. The molecule has 1 N–H and O–H groups in total.